The van der Waals surface area contributed by atoms with Crippen LogP contribution in [0.1, 0.15) is 81.2 Å². The number of carbonyl (C=O) groups excluding carboxylic acids is 2. The minimum absolute atomic E-state index is 0.181. The number of hydrogen-bond donors (Lipinski definition) is 1. The van der Waals surface area contributed by atoms with Crippen molar-refractivity contribution < 1.29 is 28.4 Å². The number of nitrogens with one attached hydrogen (secondary N) is 1. The maximum atomic E-state index is 12.4. The standard InChI is InChI=1S/C31H43BN2O6/c1-28(2,3)37-26(35)33-25(34-27(36)38-29(4,5)6)19-14-21-12-11-13-23(20-21)22-15-17-24(18-16-22)32-39-30(7,8)31(9,10)40-32/h11-13,15-18,20H,14,19H2,1-10H3,(H,33,34,35,36). The molecule has 9 heteroatoms. The average Bonchev–Trinajstić information content (AvgIpc) is 3.02. The van der Waals surface area contributed by atoms with Crippen LogP contribution in [-0.4, -0.2) is 47.5 Å². The van der Waals surface area contributed by atoms with Gasteiger partial charge in [0.05, 0.1) is 11.2 Å². The Morgan fingerprint density at radius 3 is 1.98 bits per heavy atom. The van der Waals surface area contributed by atoms with Gasteiger partial charge in [0.2, 0.25) is 0 Å². The van der Waals surface area contributed by atoms with Gasteiger partial charge in [-0.1, -0.05) is 48.5 Å². The first-order valence-electron chi connectivity index (χ1n) is 13.7. The van der Waals surface area contributed by atoms with Crippen molar-refractivity contribution in [3.8, 4) is 11.1 Å². The van der Waals surface area contributed by atoms with Gasteiger partial charge in [-0.25, -0.2) is 9.59 Å². The molecule has 0 radical (unpaired) electrons. The number of amidine groups is 1. The molecule has 1 aliphatic rings. The quantitative estimate of drug-likeness (QED) is 0.261. The number of benzene rings is 2. The lowest BCUT2D eigenvalue weighted by atomic mass is 9.78. The maximum Gasteiger partial charge on any atom is 0.494 e. The molecule has 0 aromatic heterocycles. The summed E-state index contributed by atoms with van der Waals surface area (Å²) in [4.78, 5) is 28.8. The first-order chi connectivity index (χ1) is 18.3. The normalized spacial score (nSPS) is 16.9. The van der Waals surface area contributed by atoms with Crippen LogP contribution in [0.3, 0.4) is 0 Å². The molecule has 1 N–H and O–H groups in total. The molecule has 2 aromatic carbocycles. The number of alkyl carbamates (subject to hydrolysis) is 1. The lowest BCUT2D eigenvalue weighted by Gasteiger charge is -2.32. The highest BCUT2D eigenvalue weighted by molar-refractivity contribution is 6.62. The number of carbonyl (C=O) groups is 2. The Labute approximate surface area is 239 Å². The summed E-state index contributed by atoms with van der Waals surface area (Å²) in [6, 6.07) is 16.3. The van der Waals surface area contributed by atoms with Crippen LogP contribution in [0.4, 0.5) is 9.59 Å². The Hall–Kier alpha value is -3.17. The second kappa shape index (κ2) is 11.7. The van der Waals surface area contributed by atoms with Crippen molar-refractivity contribution in [2.75, 3.05) is 0 Å². The molecular formula is C31H43BN2O6. The van der Waals surface area contributed by atoms with Crippen LogP contribution < -0.4 is 10.8 Å². The largest absolute Gasteiger partial charge is 0.494 e. The highest BCUT2D eigenvalue weighted by Gasteiger charge is 2.51. The molecule has 0 aliphatic carbocycles. The summed E-state index contributed by atoms with van der Waals surface area (Å²) >= 11 is 0. The van der Waals surface area contributed by atoms with Gasteiger partial charge in [-0.2, -0.15) is 4.99 Å². The van der Waals surface area contributed by atoms with E-state index in [1.54, 1.807) is 41.5 Å². The topological polar surface area (TPSA) is 95.5 Å². The van der Waals surface area contributed by atoms with E-state index < -0.39 is 41.7 Å². The van der Waals surface area contributed by atoms with E-state index in [0.717, 1.165) is 22.2 Å². The highest BCUT2D eigenvalue weighted by atomic mass is 16.7. The second-order valence-corrected chi connectivity index (χ2v) is 13.1. The third kappa shape index (κ3) is 8.93. The van der Waals surface area contributed by atoms with E-state index in [1.807, 2.05) is 58.0 Å². The molecule has 8 nitrogen and oxygen atoms in total. The van der Waals surface area contributed by atoms with Gasteiger partial charge >= 0.3 is 19.3 Å². The number of hydrogen-bond acceptors (Lipinski definition) is 6. The summed E-state index contributed by atoms with van der Waals surface area (Å²) in [6.07, 6.45) is -0.597. The van der Waals surface area contributed by atoms with Crippen molar-refractivity contribution in [3.63, 3.8) is 0 Å². The summed E-state index contributed by atoms with van der Waals surface area (Å²) in [5.74, 6) is 0.181. The van der Waals surface area contributed by atoms with Crippen molar-refractivity contribution in [2.24, 2.45) is 4.99 Å². The fourth-order valence-electron chi connectivity index (χ4n) is 3.94. The molecule has 0 spiro atoms. The molecule has 0 bridgehead atoms. The number of ether oxygens (including phenoxy) is 2. The van der Waals surface area contributed by atoms with Crippen LogP contribution in [0.25, 0.3) is 11.1 Å². The molecule has 1 heterocycles. The van der Waals surface area contributed by atoms with Gasteiger partial charge < -0.3 is 18.8 Å². The zero-order chi connectivity index (χ0) is 29.9. The lowest BCUT2D eigenvalue weighted by molar-refractivity contribution is 0.00578. The minimum Gasteiger partial charge on any atom is -0.444 e. The van der Waals surface area contributed by atoms with Crippen molar-refractivity contribution in [2.45, 2.75) is 104 Å². The number of aryl methyl sites for hydroxylation is 1. The van der Waals surface area contributed by atoms with Gasteiger partial charge in [0, 0.05) is 6.42 Å². The van der Waals surface area contributed by atoms with Crippen LogP contribution in [0.15, 0.2) is 53.5 Å². The summed E-state index contributed by atoms with van der Waals surface area (Å²) in [6.45, 7) is 18.7. The minimum atomic E-state index is -0.769. The van der Waals surface area contributed by atoms with Crippen molar-refractivity contribution >= 4 is 30.6 Å². The van der Waals surface area contributed by atoms with Gasteiger partial charge in [0.25, 0.3) is 0 Å². The molecule has 216 valence electrons. The van der Waals surface area contributed by atoms with Crippen molar-refractivity contribution in [1.29, 1.82) is 0 Å². The average molecular weight is 551 g/mol. The SMILES string of the molecule is CC(C)(C)OC(=O)N=C(CCc1cccc(-c2ccc(B3OC(C)(C)C(C)(C)O3)cc2)c1)NC(=O)OC(C)(C)C. The Balaban J connectivity index is 1.72. The molecule has 2 aromatic rings. The zero-order valence-corrected chi connectivity index (χ0v) is 25.5. The smallest absolute Gasteiger partial charge is 0.444 e. The number of nitrogens with zero attached hydrogens (tertiary/aromatic N) is 1. The van der Waals surface area contributed by atoms with E-state index in [4.69, 9.17) is 18.8 Å². The van der Waals surface area contributed by atoms with Crippen LogP contribution in [0.5, 0.6) is 0 Å². The monoisotopic (exact) mass is 550 g/mol. The number of amides is 2. The third-order valence-corrected chi connectivity index (χ3v) is 6.61. The first-order valence-corrected chi connectivity index (χ1v) is 13.7. The molecule has 2 amide bonds. The Kier molecular flexibility index (Phi) is 9.21. The van der Waals surface area contributed by atoms with Gasteiger partial charge in [-0.3, -0.25) is 5.32 Å². The van der Waals surface area contributed by atoms with Crippen LogP contribution >= 0.6 is 0 Å². The summed E-state index contributed by atoms with van der Waals surface area (Å²) in [7, 11) is -0.412. The van der Waals surface area contributed by atoms with Crippen LogP contribution in [0.2, 0.25) is 0 Å². The molecule has 40 heavy (non-hydrogen) atoms. The summed E-state index contributed by atoms with van der Waals surface area (Å²) < 4.78 is 23.0. The van der Waals surface area contributed by atoms with Gasteiger partial charge in [-0.15, -0.1) is 0 Å². The number of aliphatic imine (C=N–C) groups is 1. The van der Waals surface area contributed by atoms with E-state index >= 15 is 0 Å². The number of rotatable bonds is 5. The highest BCUT2D eigenvalue weighted by Crippen LogP contribution is 2.36. The fourth-order valence-corrected chi connectivity index (χ4v) is 3.94. The molecule has 1 fully saturated rings. The van der Waals surface area contributed by atoms with Crippen LogP contribution in [-0.2, 0) is 25.2 Å². The van der Waals surface area contributed by atoms with E-state index in [9.17, 15) is 9.59 Å². The van der Waals surface area contributed by atoms with Crippen LogP contribution in [0, 0.1) is 0 Å². The fraction of sp³-hybridized carbons (Fsp3) is 0.516. The van der Waals surface area contributed by atoms with Gasteiger partial charge in [-0.05, 0) is 97.8 Å². The van der Waals surface area contributed by atoms with E-state index in [2.05, 4.69) is 28.5 Å². The Morgan fingerprint density at radius 1 is 0.850 bits per heavy atom. The lowest BCUT2D eigenvalue weighted by Crippen LogP contribution is -2.41. The molecule has 0 unspecified atom stereocenters. The summed E-state index contributed by atoms with van der Waals surface area (Å²) in [5.41, 5.74) is 1.91. The van der Waals surface area contributed by atoms with E-state index in [0.29, 0.717) is 12.8 Å². The molecule has 1 aliphatic heterocycles. The Bertz CT molecular complexity index is 1220. The predicted molar refractivity (Wildman–Crippen MR) is 159 cm³/mol. The molecule has 0 saturated carbocycles. The molecule has 0 atom stereocenters. The van der Waals surface area contributed by atoms with Gasteiger partial charge in [0.15, 0.2) is 0 Å². The first kappa shape index (κ1) is 31.4. The Morgan fingerprint density at radius 2 is 1.43 bits per heavy atom. The van der Waals surface area contributed by atoms with Crippen molar-refractivity contribution in [1.82, 2.24) is 5.32 Å². The third-order valence-electron chi connectivity index (χ3n) is 6.61. The molecule has 1 saturated heterocycles. The van der Waals surface area contributed by atoms with E-state index in [1.165, 1.54) is 0 Å². The van der Waals surface area contributed by atoms with E-state index in [-0.39, 0.29) is 5.84 Å². The second-order valence-electron chi connectivity index (χ2n) is 13.1. The zero-order valence-electron chi connectivity index (χ0n) is 25.5. The maximum absolute atomic E-state index is 12.4. The predicted octanol–water partition coefficient (Wildman–Crippen LogP) is 6.44. The molecule has 3 rings (SSSR count). The summed E-state index contributed by atoms with van der Waals surface area (Å²) in [5, 5.41) is 2.62. The molecular weight excluding hydrogens is 507 g/mol. The van der Waals surface area contributed by atoms with Gasteiger partial charge in [0.1, 0.15) is 17.0 Å². The van der Waals surface area contributed by atoms with Crippen molar-refractivity contribution in [3.05, 3.63) is 54.1 Å².